The SMILES string of the molecule is CC.CC=CC.[B]. The summed E-state index contributed by atoms with van der Waals surface area (Å²) in [5, 5.41) is 0. The molecule has 0 aliphatic rings. The van der Waals surface area contributed by atoms with Gasteiger partial charge < -0.3 is 0 Å². The van der Waals surface area contributed by atoms with E-state index < -0.39 is 0 Å². The highest BCUT2D eigenvalue weighted by Crippen LogP contribution is 1.57. The molecule has 0 nitrogen and oxygen atoms in total. The Bertz CT molecular complexity index is 19.4. The van der Waals surface area contributed by atoms with Crippen LogP contribution >= 0.6 is 0 Å². The average Bonchev–Trinajstić information content (AvgIpc) is 1.72. The van der Waals surface area contributed by atoms with Crippen molar-refractivity contribution in [3.05, 3.63) is 12.2 Å². The van der Waals surface area contributed by atoms with Crippen LogP contribution in [0.25, 0.3) is 0 Å². The van der Waals surface area contributed by atoms with E-state index in [9.17, 15) is 0 Å². The van der Waals surface area contributed by atoms with Crippen molar-refractivity contribution in [1.29, 1.82) is 0 Å². The maximum absolute atomic E-state index is 2.00. The second-order valence-corrected chi connectivity index (χ2v) is 0.667. The third kappa shape index (κ3) is 130. The van der Waals surface area contributed by atoms with Crippen molar-refractivity contribution in [3.8, 4) is 0 Å². The van der Waals surface area contributed by atoms with Crippen molar-refractivity contribution in [2.45, 2.75) is 27.7 Å². The van der Waals surface area contributed by atoms with E-state index in [1.54, 1.807) is 0 Å². The Morgan fingerprint density at radius 1 is 0.857 bits per heavy atom. The fourth-order valence-corrected chi connectivity index (χ4v) is 0. The monoisotopic (exact) mass is 97.1 g/mol. The van der Waals surface area contributed by atoms with Gasteiger partial charge in [0, 0.05) is 8.41 Å². The Morgan fingerprint density at radius 3 is 1.00 bits per heavy atom. The molecule has 0 aromatic carbocycles. The average molecular weight is 97.0 g/mol. The van der Waals surface area contributed by atoms with E-state index in [0.29, 0.717) is 0 Å². The summed E-state index contributed by atoms with van der Waals surface area (Å²) in [4.78, 5) is 0. The molecule has 0 amide bonds. The van der Waals surface area contributed by atoms with Crippen LogP contribution in [0.2, 0.25) is 0 Å². The predicted octanol–water partition coefficient (Wildman–Crippen LogP) is 2.23. The van der Waals surface area contributed by atoms with Gasteiger partial charge in [-0.3, -0.25) is 0 Å². The first-order valence-corrected chi connectivity index (χ1v) is 2.49. The lowest BCUT2D eigenvalue weighted by Gasteiger charge is -1.49. The first-order chi connectivity index (χ1) is 2.91. The zero-order chi connectivity index (χ0) is 5.41. The molecule has 0 unspecified atom stereocenters. The predicted molar refractivity (Wildman–Crippen MR) is 37.6 cm³/mol. The quantitative estimate of drug-likeness (QED) is 0.321. The van der Waals surface area contributed by atoms with Crippen LogP contribution in [0.4, 0.5) is 0 Å². The molecule has 41 valence electrons. The lowest BCUT2D eigenvalue weighted by molar-refractivity contribution is 1.50. The third-order valence-electron chi connectivity index (χ3n) is 0.333. The first-order valence-electron chi connectivity index (χ1n) is 2.49. The molecular weight excluding hydrogens is 82.9 g/mol. The molecule has 7 heavy (non-hydrogen) atoms. The lowest BCUT2D eigenvalue weighted by Crippen LogP contribution is -1.26. The molecule has 0 aliphatic carbocycles. The fourth-order valence-electron chi connectivity index (χ4n) is 0. The third-order valence-corrected chi connectivity index (χ3v) is 0.333. The summed E-state index contributed by atoms with van der Waals surface area (Å²) in [5.41, 5.74) is 0. The summed E-state index contributed by atoms with van der Waals surface area (Å²) in [7, 11) is 0. The van der Waals surface area contributed by atoms with Gasteiger partial charge >= 0.3 is 0 Å². The summed E-state index contributed by atoms with van der Waals surface area (Å²) in [5.74, 6) is 0. The Balaban J connectivity index is -0.0000000480. The summed E-state index contributed by atoms with van der Waals surface area (Å²) in [6.07, 6.45) is 4.00. The Morgan fingerprint density at radius 2 is 1.00 bits per heavy atom. The van der Waals surface area contributed by atoms with E-state index in [2.05, 4.69) is 0 Å². The Hall–Kier alpha value is -0.195. The van der Waals surface area contributed by atoms with Crippen molar-refractivity contribution in [3.63, 3.8) is 0 Å². The number of allylic oxidation sites excluding steroid dienone is 2. The Kier molecular flexibility index (Phi) is 93.1. The minimum atomic E-state index is 0. The van der Waals surface area contributed by atoms with Crippen LogP contribution in [-0.4, -0.2) is 8.41 Å². The van der Waals surface area contributed by atoms with Crippen LogP contribution < -0.4 is 0 Å². The minimum absolute atomic E-state index is 0. The van der Waals surface area contributed by atoms with Gasteiger partial charge in [-0.05, 0) is 13.8 Å². The standard InChI is InChI=1S/C4H8.C2H6.B/c1-3-4-2;1-2;/h3-4H,1-2H3;1-2H3;. The molecule has 0 aliphatic heterocycles. The van der Waals surface area contributed by atoms with E-state index in [0.717, 1.165) is 0 Å². The summed E-state index contributed by atoms with van der Waals surface area (Å²) in [6.45, 7) is 8.00. The molecule has 0 heterocycles. The number of hydrogen-bond donors (Lipinski definition) is 0. The van der Waals surface area contributed by atoms with E-state index in [-0.39, 0.29) is 8.41 Å². The van der Waals surface area contributed by atoms with Crippen molar-refractivity contribution < 1.29 is 0 Å². The van der Waals surface area contributed by atoms with Crippen molar-refractivity contribution in [1.82, 2.24) is 0 Å². The van der Waals surface area contributed by atoms with Crippen LogP contribution in [0.5, 0.6) is 0 Å². The van der Waals surface area contributed by atoms with Gasteiger partial charge in [0.2, 0.25) is 0 Å². The van der Waals surface area contributed by atoms with Gasteiger partial charge in [0.05, 0.1) is 0 Å². The first kappa shape index (κ1) is 15.8. The molecule has 0 saturated heterocycles. The van der Waals surface area contributed by atoms with Gasteiger partial charge in [0.15, 0.2) is 0 Å². The molecule has 3 radical (unpaired) electrons. The van der Waals surface area contributed by atoms with Crippen LogP contribution in [-0.2, 0) is 0 Å². The maximum Gasteiger partial charge on any atom is 0 e. The Labute approximate surface area is 49.2 Å². The van der Waals surface area contributed by atoms with Gasteiger partial charge in [0.25, 0.3) is 0 Å². The van der Waals surface area contributed by atoms with Crippen molar-refractivity contribution in [2.24, 2.45) is 0 Å². The number of hydrogen-bond acceptors (Lipinski definition) is 0. The molecule has 0 N–H and O–H groups in total. The van der Waals surface area contributed by atoms with E-state index in [1.165, 1.54) is 0 Å². The number of rotatable bonds is 0. The topological polar surface area (TPSA) is 0 Å². The van der Waals surface area contributed by atoms with E-state index >= 15 is 0 Å². The molecule has 0 aromatic heterocycles. The van der Waals surface area contributed by atoms with E-state index in [1.807, 2.05) is 39.8 Å². The molecule has 1 heteroatoms. The highest BCUT2D eigenvalue weighted by atomic mass is 13.4. The smallest absolute Gasteiger partial charge is 0 e. The maximum atomic E-state index is 2.00. The summed E-state index contributed by atoms with van der Waals surface area (Å²) < 4.78 is 0. The van der Waals surface area contributed by atoms with Crippen LogP contribution in [0, 0.1) is 0 Å². The largest absolute Gasteiger partial charge is 0.0919 e. The van der Waals surface area contributed by atoms with Gasteiger partial charge in [-0.25, -0.2) is 0 Å². The molecule has 0 fully saturated rings. The van der Waals surface area contributed by atoms with Gasteiger partial charge in [0.1, 0.15) is 0 Å². The van der Waals surface area contributed by atoms with Gasteiger partial charge in [-0.15, -0.1) is 0 Å². The summed E-state index contributed by atoms with van der Waals surface area (Å²) >= 11 is 0. The zero-order valence-electron chi connectivity index (χ0n) is 5.73. The lowest BCUT2D eigenvalue weighted by atomic mass is 10.6. The molecule has 0 atom stereocenters. The van der Waals surface area contributed by atoms with Crippen molar-refractivity contribution >= 4 is 8.41 Å². The van der Waals surface area contributed by atoms with Gasteiger partial charge in [-0.1, -0.05) is 26.0 Å². The minimum Gasteiger partial charge on any atom is -0.0919 e. The molecular formula is C6H14B. The second-order valence-electron chi connectivity index (χ2n) is 0.667. The van der Waals surface area contributed by atoms with E-state index in [4.69, 9.17) is 0 Å². The van der Waals surface area contributed by atoms with Crippen LogP contribution in [0.15, 0.2) is 12.2 Å². The molecule has 0 rings (SSSR count). The normalized spacial score (nSPS) is 6.29. The second kappa shape index (κ2) is 41.1. The van der Waals surface area contributed by atoms with Crippen LogP contribution in [0.3, 0.4) is 0 Å². The van der Waals surface area contributed by atoms with Gasteiger partial charge in [-0.2, -0.15) is 0 Å². The summed E-state index contributed by atoms with van der Waals surface area (Å²) in [6, 6.07) is 0. The molecule has 0 spiro atoms. The zero-order valence-corrected chi connectivity index (χ0v) is 5.73. The fraction of sp³-hybridized carbons (Fsp3) is 0.667. The van der Waals surface area contributed by atoms with Crippen LogP contribution in [0.1, 0.15) is 27.7 Å². The molecule has 0 aromatic rings. The molecule has 0 bridgehead atoms. The van der Waals surface area contributed by atoms with Crippen molar-refractivity contribution in [2.75, 3.05) is 0 Å². The molecule has 0 saturated carbocycles. The highest BCUT2D eigenvalue weighted by molar-refractivity contribution is 5.75. The highest BCUT2D eigenvalue weighted by Gasteiger charge is 1.34.